The lowest BCUT2D eigenvalue weighted by Crippen LogP contribution is -2.29. The predicted octanol–water partition coefficient (Wildman–Crippen LogP) is 2.08. The van der Waals surface area contributed by atoms with E-state index in [4.69, 9.17) is 0 Å². The first-order valence-corrected chi connectivity index (χ1v) is 6.94. The van der Waals surface area contributed by atoms with Gasteiger partial charge in [0.2, 0.25) is 5.91 Å². The van der Waals surface area contributed by atoms with Gasteiger partial charge < -0.3 is 4.90 Å². The van der Waals surface area contributed by atoms with Crippen LogP contribution in [0.15, 0.2) is 24.5 Å². The second kappa shape index (κ2) is 7.33. The van der Waals surface area contributed by atoms with Gasteiger partial charge in [-0.15, -0.1) is 0 Å². The minimum Gasteiger partial charge on any atom is -0.349 e. The van der Waals surface area contributed by atoms with Crippen molar-refractivity contribution in [2.45, 2.75) is 13.3 Å². The van der Waals surface area contributed by atoms with E-state index in [9.17, 15) is 4.79 Å². The van der Waals surface area contributed by atoms with Crippen LogP contribution in [0.25, 0.3) is 0 Å². The second-order valence-corrected chi connectivity index (χ2v) is 5.46. The summed E-state index contributed by atoms with van der Waals surface area (Å²) in [5.74, 6) is 2.26. The first-order valence-electron chi connectivity index (χ1n) is 5.79. The van der Waals surface area contributed by atoms with Crippen molar-refractivity contribution >= 4 is 17.7 Å². The fourth-order valence-electron chi connectivity index (χ4n) is 1.51. The molecule has 1 aromatic heterocycles. The number of nitrogens with zero attached hydrogens (tertiary/aromatic N) is 2. The van der Waals surface area contributed by atoms with Gasteiger partial charge in [0.1, 0.15) is 0 Å². The molecular weight excluding hydrogens is 232 g/mol. The molecule has 0 radical (unpaired) electrons. The molecule has 0 aliphatic heterocycles. The molecule has 0 N–H and O–H groups in total. The molecule has 0 fully saturated rings. The zero-order chi connectivity index (χ0) is 12.7. The summed E-state index contributed by atoms with van der Waals surface area (Å²) < 4.78 is 0. The third-order valence-electron chi connectivity index (χ3n) is 2.51. The zero-order valence-electron chi connectivity index (χ0n) is 10.7. The van der Waals surface area contributed by atoms with Crippen molar-refractivity contribution < 1.29 is 4.79 Å². The Kier molecular flexibility index (Phi) is 6.05. The maximum Gasteiger partial charge on any atom is 0.225 e. The average molecular weight is 252 g/mol. The predicted molar refractivity (Wildman–Crippen MR) is 73.1 cm³/mol. The smallest absolute Gasteiger partial charge is 0.225 e. The summed E-state index contributed by atoms with van der Waals surface area (Å²) in [4.78, 5) is 17.3. The van der Waals surface area contributed by atoms with Crippen LogP contribution >= 0.6 is 11.8 Å². The number of amides is 1. The van der Waals surface area contributed by atoms with Gasteiger partial charge >= 0.3 is 0 Å². The van der Waals surface area contributed by atoms with E-state index < -0.39 is 0 Å². The molecule has 3 nitrogen and oxygen atoms in total. The normalized spacial score (nSPS) is 12.2. The number of carbonyl (C=O) groups is 1. The molecule has 94 valence electrons. The van der Waals surface area contributed by atoms with E-state index in [2.05, 4.69) is 4.98 Å². The quantitative estimate of drug-likeness (QED) is 0.727. The van der Waals surface area contributed by atoms with Gasteiger partial charge in [-0.05, 0) is 29.9 Å². The van der Waals surface area contributed by atoms with Crippen LogP contribution in [-0.4, -0.2) is 41.4 Å². The number of aromatic nitrogens is 1. The first-order chi connectivity index (χ1) is 8.11. The molecule has 0 aliphatic rings. The summed E-state index contributed by atoms with van der Waals surface area (Å²) in [6.45, 7) is 1.99. The summed E-state index contributed by atoms with van der Waals surface area (Å²) in [5.41, 5.74) is 1.30. The standard InChI is InChI=1S/C13H20N2OS/c1-11(13(16)15(2)3)10-17-9-6-12-4-7-14-8-5-12/h4-5,7-8,11H,6,9-10H2,1-3H3/t11-/m1/s1. The minimum absolute atomic E-state index is 0.104. The van der Waals surface area contributed by atoms with Crippen LogP contribution in [0.5, 0.6) is 0 Å². The van der Waals surface area contributed by atoms with Gasteiger partial charge in [-0.2, -0.15) is 11.8 Å². The lowest BCUT2D eigenvalue weighted by molar-refractivity contribution is -0.131. The summed E-state index contributed by atoms with van der Waals surface area (Å²) in [6, 6.07) is 4.07. The third kappa shape index (κ3) is 5.22. The number of thioether (sulfide) groups is 1. The molecule has 0 aromatic carbocycles. The van der Waals surface area contributed by atoms with Crippen LogP contribution in [0.4, 0.5) is 0 Å². The molecule has 4 heteroatoms. The maximum atomic E-state index is 11.6. The highest BCUT2D eigenvalue weighted by molar-refractivity contribution is 7.99. The van der Waals surface area contributed by atoms with Crippen molar-refractivity contribution in [1.82, 2.24) is 9.88 Å². The molecule has 1 rings (SSSR count). The Labute approximate surface area is 108 Å². The van der Waals surface area contributed by atoms with Crippen molar-refractivity contribution in [3.05, 3.63) is 30.1 Å². The number of hydrogen-bond donors (Lipinski definition) is 0. The monoisotopic (exact) mass is 252 g/mol. The van der Waals surface area contributed by atoms with Crippen molar-refractivity contribution in [3.63, 3.8) is 0 Å². The number of carbonyl (C=O) groups excluding carboxylic acids is 1. The van der Waals surface area contributed by atoms with Gasteiger partial charge in [0.25, 0.3) is 0 Å². The van der Waals surface area contributed by atoms with E-state index in [-0.39, 0.29) is 11.8 Å². The summed E-state index contributed by atoms with van der Waals surface area (Å²) in [7, 11) is 3.61. The van der Waals surface area contributed by atoms with E-state index in [0.717, 1.165) is 17.9 Å². The fraction of sp³-hybridized carbons (Fsp3) is 0.538. The zero-order valence-corrected chi connectivity index (χ0v) is 11.5. The molecule has 0 spiro atoms. The second-order valence-electron chi connectivity index (χ2n) is 4.31. The molecule has 17 heavy (non-hydrogen) atoms. The van der Waals surface area contributed by atoms with Gasteiger partial charge in [-0.1, -0.05) is 6.92 Å². The first kappa shape index (κ1) is 14.0. The molecule has 1 amide bonds. The summed E-state index contributed by atoms with van der Waals surface area (Å²) >= 11 is 1.83. The van der Waals surface area contributed by atoms with Crippen molar-refractivity contribution in [3.8, 4) is 0 Å². The lowest BCUT2D eigenvalue weighted by atomic mass is 10.2. The van der Waals surface area contributed by atoms with E-state index in [1.54, 1.807) is 19.0 Å². The van der Waals surface area contributed by atoms with Crippen molar-refractivity contribution in [2.75, 3.05) is 25.6 Å². The van der Waals surface area contributed by atoms with Crippen LogP contribution in [-0.2, 0) is 11.2 Å². The molecule has 0 saturated heterocycles. The minimum atomic E-state index is 0.104. The molecular formula is C13H20N2OS. The molecule has 0 unspecified atom stereocenters. The van der Waals surface area contributed by atoms with Gasteiger partial charge in [-0.25, -0.2) is 0 Å². The highest BCUT2D eigenvalue weighted by atomic mass is 32.2. The molecule has 1 heterocycles. The third-order valence-corrected chi connectivity index (χ3v) is 3.74. The van der Waals surface area contributed by atoms with Crippen molar-refractivity contribution in [1.29, 1.82) is 0 Å². The van der Waals surface area contributed by atoms with Gasteiger partial charge in [-0.3, -0.25) is 9.78 Å². The number of aryl methyl sites for hydroxylation is 1. The van der Waals surface area contributed by atoms with Crippen LogP contribution in [0.2, 0.25) is 0 Å². The van der Waals surface area contributed by atoms with E-state index in [0.29, 0.717) is 0 Å². The Balaban J connectivity index is 2.18. The number of rotatable bonds is 6. The van der Waals surface area contributed by atoms with Gasteiger partial charge in [0.05, 0.1) is 0 Å². The maximum absolute atomic E-state index is 11.6. The van der Waals surface area contributed by atoms with E-state index in [1.807, 2.05) is 43.2 Å². The fourth-order valence-corrected chi connectivity index (χ4v) is 2.55. The van der Waals surface area contributed by atoms with Crippen LogP contribution in [0, 0.1) is 5.92 Å². The Bertz CT molecular complexity index is 341. The average Bonchev–Trinajstić information content (AvgIpc) is 2.34. The molecule has 0 aliphatic carbocycles. The van der Waals surface area contributed by atoms with E-state index in [1.165, 1.54) is 5.56 Å². The van der Waals surface area contributed by atoms with Crippen molar-refractivity contribution in [2.24, 2.45) is 5.92 Å². The topological polar surface area (TPSA) is 33.2 Å². The highest BCUT2D eigenvalue weighted by Crippen LogP contribution is 2.12. The summed E-state index contributed by atoms with van der Waals surface area (Å²) in [6.07, 6.45) is 4.67. The molecule has 1 atom stereocenters. The van der Waals surface area contributed by atoms with Gasteiger partial charge in [0, 0.05) is 38.2 Å². The Morgan fingerprint density at radius 2 is 2.06 bits per heavy atom. The summed E-state index contributed by atoms with van der Waals surface area (Å²) in [5, 5.41) is 0. The van der Waals surface area contributed by atoms with E-state index >= 15 is 0 Å². The van der Waals surface area contributed by atoms with Crippen LogP contribution in [0.1, 0.15) is 12.5 Å². The molecule has 1 aromatic rings. The highest BCUT2D eigenvalue weighted by Gasteiger charge is 2.14. The molecule has 0 bridgehead atoms. The van der Waals surface area contributed by atoms with Gasteiger partial charge in [0.15, 0.2) is 0 Å². The SMILES string of the molecule is C[C@H](CSCCc1ccncc1)C(=O)N(C)C. The Morgan fingerprint density at radius 1 is 1.41 bits per heavy atom. The largest absolute Gasteiger partial charge is 0.349 e. The van der Waals surface area contributed by atoms with Crippen LogP contribution < -0.4 is 0 Å². The number of pyridine rings is 1. The molecule has 0 saturated carbocycles. The Morgan fingerprint density at radius 3 is 2.65 bits per heavy atom. The lowest BCUT2D eigenvalue weighted by Gasteiger charge is -2.16. The van der Waals surface area contributed by atoms with Crippen LogP contribution in [0.3, 0.4) is 0 Å². The number of hydrogen-bond acceptors (Lipinski definition) is 3. The Hall–Kier alpha value is -1.03.